The molecule has 0 aliphatic carbocycles. The van der Waals surface area contributed by atoms with Crippen molar-refractivity contribution in [2.45, 2.75) is 0 Å². The average molecular weight is 185 g/mol. The summed E-state index contributed by atoms with van der Waals surface area (Å²) >= 11 is 0. The van der Waals surface area contributed by atoms with Crippen LogP contribution < -0.4 is 5.56 Å². The van der Waals surface area contributed by atoms with Crippen LogP contribution in [0.5, 0.6) is 0 Å². The van der Waals surface area contributed by atoms with Crippen molar-refractivity contribution in [2.24, 2.45) is 0 Å². The van der Waals surface area contributed by atoms with E-state index in [1.807, 2.05) is 24.3 Å². The zero-order valence-corrected chi connectivity index (χ0v) is 7.27. The number of rotatable bonds is 0. The SMILES string of the molecule is O=c1ccn2nc3ccccc3c2[nH]1. The molecular formula is C10H7N3O. The predicted octanol–water partition coefficient (Wildman–Crippen LogP) is 1.18. The van der Waals surface area contributed by atoms with Gasteiger partial charge in [0.2, 0.25) is 0 Å². The Morgan fingerprint density at radius 1 is 1.21 bits per heavy atom. The molecule has 14 heavy (non-hydrogen) atoms. The molecule has 0 amide bonds. The summed E-state index contributed by atoms with van der Waals surface area (Å²) in [5, 5.41) is 5.27. The van der Waals surface area contributed by atoms with Gasteiger partial charge in [0.1, 0.15) is 5.65 Å². The van der Waals surface area contributed by atoms with E-state index in [2.05, 4.69) is 10.1 Å². The molecule has 3 rings (SSSR count). The maximum absolute atomic E-state index is 11.1. The van der Waals surface area contributed by atoms with E-state index in [0.29, 0.717) is 0 Å². The van der Waals surface area contributed by atoms with Crippen molar-refractivity contribution < 1.29 is 0 Å². The minimum atomic E-state index is -0.108. The van der Waals surface area contributed by atoms with Crippen LogP contribution in [-0.2, 0) is 0 Å². The van der Waals surface area contributed by atoms with Crippen molar-refractivity contribution in [3.8, 4) is 0 Å². The lowest BCUT2D eigenvalue weighted by molar-refractivity contribution is 0.947. The first-order chi connectivity index (χ1) is 6.84. The Balaban J connectivity index is 2.65. The molecule has 2 heterocycles. The fraction of sp³-hybridized carbons (Fsp3) is 0. The maximum atomic E-state index is 11.1. The Labute approximate surface area is 78.8 Å². The van der Waals surface area contributed by atoms with E-state index in [4.69, 9.17) is 0 Å². The Bertz CT molecular complexity index is 665. The molecular weight excluding hydrogens is 178 g/mol. The highest BCUT2D eigenvalue weighted by Crippen LogP contribution is 2.15. The lowest BCUT2D eigenvalue weighted by Crippen LogP contribution is -2.05. The third-order valence-electron chi connectivity index (χ3n) is 2.21. The van der Waals surface area contributed by atoms with E-state index in [9.17, 15) is 4.79 Å². The second kappa shape index (κ2) is 2.45. The van der Waals surface area contributed by atoms with Gasteiger partial charge in [0.25, 0.3) is 5.56 Å². The molecule has 0 bridgehead atoms. The molecule has 0 fully saturated rings. The number of aromatic nitrogens is 3. The molecule has 0 radical (unpaired) electrons. The van der Waals surface area contributed by atoms with Crippen molar-refractivity contribution >= 4 is 16.6 Å². The maximum Gasteiger partial charge on any atom is 0.251 e. The Morgan fingerprint density at radius 2 is 2.07 bits per heavy atom. The van der Waals surface area contributed by atoms with Crippen LogP contribution in [0, 0.1) is 0 Å². The van der Waals surface area contributed by atoms with Crippen LogP contribution in [0.4, 0.5) is 0 Å². The van der Waals surface area contributed by atoms with Crippen molar-refractivity contribution in [3.05, 3.63) is 46.9 Å². The van der Waals surface area contributed by atoms with E-state index in [0.717, 1.165) is 16.6 Å². The molecule has 0 saturated heterocycles. The van der Waals surface area contributed by atoms with Crippen molar-refractivity contribution in [1.29, 1.82) is 0 Å². The average Bonchev–Trinajstić information content (AvgIpc) is 2.56. The van der Waals surface area contributed by atoms with Gasteiger partial charge in [-0.25, -0.2) is 4.52 Å². The van der Waals surface area contributed by atoms with Crippen molar-refractivity contribution in [3.63, 3.8) is 0 Å². The standard InChI is InChI=1S/C10H7N3O/c14-9-5-6-13-10(11-9)7-3-1-2-4-8(7)12-13/h1-6H,(H,11,14). The molecule has 4 heteroatoms. The second-order valence-corrected chi connectivity index (χ2v) is 3.12. The number of benzene rings is 1. The molecule has 1 aromatic carbocycles. The molecule has 2 aromatic heterocycles. The van der Waals surface area contributed by atoms with Gasteiger partial charge < -0.3 is 4.98 Å². The number of fused-ring (bicyclic) bond motifs is 3. The lowest BCUT2D eigenvalue weighted by Gasteiger charge is -1.89. The van der Waals surface area contributed by atoms with Gasteiger partial charge in [-0.15, -0.1) is 0 Å². The van der Waals surface area contributed by atoms with Gasteiger partial charge in [-0.05, 0) is 12.1 Å². The fourth-order valence-electron chi connectivity index (χ4n) is 1.58. The van der Waals surface area contributed by atoms with Gasteiger partial charge in [0.15, 0.2) is 0 Å². The minimum Gasteiger partial charge on any atom is -0.306 e. The number of nitrogens with zero attached hydrogens (tertiary/aromatic N) is 2. The smallest absolute Gasteiger partial charge is 0.251 e. The summed E-state index contributed by atoms with van der Waals surface area (Å²) in [7, 11) is 0. The molecule has 68 valence electrons. The largest absolute Gasteiger partial charge is 0.306 e. The predicted molar refractivity (Wildman–Crippen MR) is 53.3 cm³/mol. The Hall–Kier alpha value is -2.10. The van der Waals surface area contributed by atoms with Crippen molar-refractivity contribution in [1.82, 2.24) is 14.6 Å². The van der Waals surface area contributed by atoms with Crippen LogP contribution in [0.15, 0.2) is 41.3 Å². The molecule has 1 N–H and O–H groups in total. The van der Waals surface area contributed by atoms with Crippen molar-refractivity contribution in [2.75, 3.05) is 0 Å². The van der Waals surface area contributed by atoms with Crippen LogP contribution in [0.25, 0.3) is 16.6 Å². The lowest BCUT2D eigenvalue weighted by atomic mass is 10.2. The summed E-state index contributed by atoms with van der Waals surface area (Å²) in [6.45, 7) is 0. The van der Waals surface area contributed by atoms with Crippen LogP contribution in [-0.4, -0.2) is 14.6 Å². The highest BCUT2D eigenvalue weighted by atomic mass is 16.1. The Kier molecular flexibility index (Phi) is 1.28. The molecule has 0 atom stereocenters. The second-order valence-electron chi connectivity index (χ2n) is 3.12. The van der Waals surface area contributed by atoms with Gasteiger partial charge in [0, 0.05) is 17.6 Å². The van der Waals surface area contributed by atoms with Gasteiger partial charge in [-0.1, -0.05) is 12.1 Å². The van der Waals surface area contributed by atoms with Crippen LogP contribution in [0.2, 0.25) is 0 Å². The Morgan fingerprint density at radius 3 is 3.00 bits per heavy atom. The number of hydrogen-bond acceptors (Lipinski definition) is 2. The van der Waals surface area contributed by atoms with Gasteiger partial charge >= 0.3 is 0 Å². The van der Waals surface area contributed by atoms with E-state index < -0.39 is 0 Å². The minimum absolute atomic E-state index is 0.108. The zero-order valence-electron chi connectivity index (χ0n) is 7.27. The third-order valence-corrected chi connectivity index (χ3v) is 2.21. The monoisotopic (exact) mass is 185 g/mol. The molecule has 0 aliphatic rings. The van der Waals surface area contributed by atoms with Crippen LogP contribution in [0.3, 0.4) is 0 Å². The summed E-state index contributed by atoms with van der Waals surface area (Å²) in [5.41, 5.74) is 1.52. The first-order valence-electron chi connectivity index (χ1n) is 4.31. The third kappa shape index (κ3) is 0.877. The highest BCUT2D eigenvalue weighted by molar-refractivity contribution is 5.91. The van der Waals surface area contributed by atoms with E-state index in [-0.39, 0.29) is 5.56 Å². The quantitative estimate of drug-likeness (QED) is 0.571. The van der Waals surface area contributed by atoms with Gasteiger partial charge in [0.05, 0.1) is 5.52 Å². The number of H-pyrrole nitrogens is 1. The zero-order chi connectivity index (χ0) is 9.54. The normalized spacial score (nSPS) is 11.1. The van der Waals surface area contributed by atoms with Gasteiger partial charge in [-0.2, -0.15) is 5.10 Å². The van der Waals surface area contributed by atoms with E-state index in [1.54, 1.807) is 10.7 Å². The molecule has 0 unspecified atom stereocenters. The summed E-state index contributed by atoms with van der Waals surface area (Å²) < 4.78 is 1.67. The van der Waals surface area contributed by atoms with E-state index in [1.165, 1.54) is 6.07 Å². The molecule has 0 aliphatic heterocycles. The van der Waals surface area contributed by atoms with E-state index >= 15 is 0 Å². The van der Waals surface area contributed by atoms with Gasteiger partial charge in [-0.3, -0.25) is 4.79 Å². The molecule has 4 nitrogen and oxygen atoms in total. The topological polar surface area (TPSA) is 50.2 Å². The van der Waals surface area contributed by atoms with Crippen LogP contribution in [0.1, 0.15) is 0 Å². The first-order valence-corrected chi connectivity index (χ1v) is 4.31. The summed E-state index contributed by atoms with van der Waals surface area (Å²) in [6.07, 6.45) is 1.66. The first kappa shape index (κ1) is 7.32. The van der Waals surface area contributed by atoms with Crippen LogP contribution >= 0.6 is 0 Å². The number of hydrogen-bond donors (Lipinski definition) is 1. The molecule has 3 aromatic rings. The summed E-state index contributed by atoms with van der Waals surface area (Å²) in [6, 6.07) is 9.16. The summed E-state index contributed by atoms with van der Waals surface area (Å²) in [5.74, 6) is 0. The fourth-order valence-corrected chi connectivity index (χ4v) is 1.58. The number of aromatic amines is 1. The summed E-state index contributed by atoms with van der Waals surface area (Å²) in [4.78, 5) is 13.9. The molecule has 0 saturated carbocycles. The molecule has 0 spiro atoms. The number of nitrogens with one attached hydrogen (secondary N) is 1. The highest BCUT2D eigenvalue weighted by Gasteiger charge is 2.02.